The molecule has 0 spiro atoms. The lowest BCUT2D eigenvalue weighted by atomic mass is 9.96. The first-order chi connectivity index (χ1) is 11.0. The van der Waals surface area contributed by atoms with E-state index in [1.807, 2.05) is 6.26 Å². The van der Waals surface area contributed by atoms with Crippen LogP contribution in [-0.4, -0.2) is 26.9 Å². The molecule has 1 saturated carbocycles. The molecular formula is C16H18ClN3O2S. The predicted octanol–water partition coefficient (Wildman–Crippen LogP) is 3.33. The van der Waals surface area contributed by atoms with E-state index in [4.69, 9.17) is 17.3 Å². The quantitative estimate of drug-likeness (QED) is 0.638. The number of hydrogen-bond donors (Lipinski definition) is 2. The minimum atomic E-state index is -0.245. The molecule has 3 N–H and O–H groups in total. The van der Waals surface area contributed by atoms with Gasteiger partial charge in [-0.05, 0) is 36.8 Å². The molecule has 7 heteroatoms. The summed E-state index contributed by atoms with van der Waals surface area (Å²) in [5.41, 5.74) is 8.63. The topological polar surface area (TPSA) is 81.1 Å². The summed E-state index contributed by atoms with van der Waals surface area (Å²) in [6.07, 6.45) is 3.93. The van der Waals surface area contributed by atoms with Crippen molar-refractivity contribution in [3.05, 3.63) is 39.5 Å². The van der Waals surface area contributed by atoms with Crippen LogP contribution in [0.2, 0.25) is 5.02 Å². The number of anilines is 1. The van der Waals surface area contributed by atoms with Crippen molar-refractivity contribution in [2.24, 2.45) is 7.05 Å². The number of halogens is 1. The van der Waals surface area contributed by atoms with Gasteiger partial charge < -0.3 is 10.8 Å². The second-order valence-corrected chi connectivity index (χ2v) is 7.00. The smallest absolute Gasteiger partial charge is 0.220 e. The predicted molar refractivity (Wildman–Crippen MR) is 93.4 cm³/mol. The van der Waals surface area contributed by atoms with E-state index in [0.717, 1.165) is 12.8 Å². The Kier molecular flexibility index (Phi) is 4.29. The Hall–Kier alpha value is -1.66. The summed E-state index contributed by atoms with van der Waals surface area (Å²) in [7, 11) is 1.64. The zero-order valence-electron chi connectivity index (χ0n) is 13.0. The number of nitrogens with zero attached hydrogens (tertiary/aromatic N) is 2. The van der Waals surface area contributed by atoms with Gasteiger partial charge in [0.25, 0.3) is 0 Å². The zero-order valence-corrected chi connectivity index (χ0v) is 14.5. The summed E-state index contributed by atoms with van der Waals surface area (Å²) in [5.74, 6) is 0.493. The number of thioether (sulfide) groups is 1. The Morgan fingerprint density at radius 3 is 2.83 bits per heavy atom. The molecule has 122 valence electrons. The molecule has 0 atom stereocenters. The molecule has 0 bridgehead atoms. The number of nitrogen functional groups attached to an aromatic ring is 1. The van der Waals surface area contributed by atoms with Gasteiger partial charge in [0, 0.05) is 24.3 Å². The maximum Gasteiger partial charge on any atom is 0.220 e. The van der Waals surface area contributed by atoms with Crippen LogP contribution in [0.4, 0.5) is 5.69 Å². The summed E-state index contributed by atoms with van der Waals surface area (Å²) in [6, 6.07) is 3.30. The highest BCUT2D eigenvalue weighted by molar-refractivity contribution is 7.97. The number of aromatic hydroxyl groups is 1. The fourth-order valence-electron chi connectivity index (χ4n) is 2.68. The molecule has 1 aliphatic carbocycles. The lowest BCUT2D eigenvalue weighted by molar-refractivity contribution is 0.103. The van der Waals surface area contributed by atoms with Crippen molar-refractivity contribution in [1.29, 1.82) is 0 Å². The molecular weight excluding hydrogens is 334 g/mol. The van der Waals surface area contributed by atoms with Crippen LogP contribution in [0.1, 0.15) is 45.9 Å². The second-order valence-electron chi connectivity index (χ2n) is 5.73. The minimum absolute atomic E-state index is 0.0967. The van der Waals surface area contributed by atoms with Crippen molar-refractivity contribution in [2.45, 2.75) is 24.5 Å². The Bertz CT molecular complexity index is 784. The number of benzene rings is 1. The van der Waals surface area contributed by atoms with E-state index in [1.54, 1.807) is 30.9 Å². The minimum Gasteiger partial charge on any atom is -0.493 e. The van der Waals surface area contributed by atoms with Gasteiger partial charge >= 0.3 is 0 Å². The van der Waals surface area contributed by atoms with Gasteiger partial charge in [-0.2, -0.15) is 16.9 Å². The van der Waals surface area contributed by atoms with Gasteiger partial charge in [0.2, 0.25) is 11.7 Å². The lowest BCUT2D eigenvalue weighted by Gasteiger charge is -2.12. The largest absolute Gasteiger partial charge is 0.493 e. The van der Waals surface area contributed by atoms with Crippen LogP contribution in [0.15, 0.2) is 12.1 Å². The normalized spacial score (nSPS) is 14.2. The van der Waals surface area contributed by atoms with E-state index in [9.17, 15) is 9.90 Å². The van der Waals surface area contributed by atoms with Gasteiger partial charge in [-0.25, -0.2) is 4.68 Å². The molecule has 1 fully saturated rings. The van der Waals surface area contributed by atoms with Crippen molar-refractivity contribution >= 4 is 34.8 Å². The van der Waals surface area contributed by atoms with Gasteiger partial charge in [0.15, 0.2) is 0 Å². The zero-order chi connectivity index (χ0) is 16.7. The maximum atomic E-state index is 13.1. The van der Waals surface area contributed by atoms with Crippen molar-refractivity contribution in [3.8, 4) is 5.88 Å². The van der Waals surface area contributed by atoms with Crippen LogP contribution in [0.25, 0.3) is 0 Å². The molecule has 1 heterocycles. The first-order valence-electron chi connectivity index (χ1n) is 7.32. The number of hydrogen-bond acceptors (Lipinski definition) is 5. The summed E-state index contributed by atoms with van der Waals surface area (Å²) < 4.78 is 1.36. The van der Waals surface area contributed by atoms with E-state index >= 15 is 0 Å². The molecule has 1 aromatic carbocycles. The summed E-state index contributed by atoms with van der Waals surface area (Å²) in [5, 5.41) is 15.0. The van der Waals surface area contributed by atoms with Crippen LogP contribution in [0.5, 0.6) is 5.88 Å². The molecule has 0 radical (unpaired) electrons. The van der Waals surface area contributed by atoms with Gasteiger partial charge in [-0.3, -0.25) is 4.79 Å². The van der Waals surface area contributed by atoms with Crippen molar-refractivity contribution in [1.82, 2.24) is 9.78 Å². The molecule has 0 unspecified atom stereocenters. The number of aryl methyl sites for hydroxylation is 1. The fourth-order valence-corrected chi connectivity index (χ4v) is 3.46. The molecule has 5 nitrogen and oxygen atoms in total. The number of nitrogens with two attached hydrogens (primary N) is 1. The third-order valence-electron chi connectivity index (χ3n) is 4.07. The van der Waals surface area contributed by atoms with Crippen LogP contribution >= 0.6 is 23.4 Å². The van der Waals surface area contributed by atoms with Crippen LogP contribution in [0, 0.1) is 0 Å². The van der Waals surface area contributed by atoms with Gasteiger partial charge in [0.1, 0.15) is 5.56 Å². The average Bonchev–Trinajstić information content (AvgIpc) is 3.31. The van der Waals surface area contributed by atoms with Gasteiger partial charge in [-0.1, -0.05) is 11.6 Å². The van der Waals surface area contributed by atoms with E-state index < -0.39 is 0 Å². The molecule has 0 saturated heterocycles. The average molecular weight is 352 g/mol. The van der Waals surface area contributed by atoms with E-state index in [0.29, 0.717) is 38.8 Å². The summed E-state index contributed by atoms with van der Waals surface area (Å²) in [4.78, 5) is 13.1. The van der Waals surface area contributed by atoms with Crippen LogP contribution in [-0.2, 0) is 12.8 Å². The lowest BCUT2D eigenvalue weighted by Crippen LogP contribution is -2.09. The second kappa shape index (κ2) is 6.09. The number of aromatic nitrogens is 2. The molecule has 1 aliphatic rings. The number of carbonyl (C=O) groups excluding carboxylic acids is 1. The fraction of sp³-hybridized carbons (Fsp3) is 0.375. The Morgan fingerprint density at radius 2 is 2.22 bits per heavy atom. The maximum absolute atomic E-state index is 13.1. The van der Waals surface area contributed by atoms with Gasteiger partial charge in [-0.15, -0.1) is 0 Å². The third-order valence-corrected chi connectivity index (χ3v) is 4.98. The number of rotatable bonds is 5. The van der Waals surface area contributed by atoms with Crippen LogP contribution in [0.3, 0.4) is 0 Å². The van der Waals surface area contributed by atoms with Crippen molar-refractivity contribution < 1.29 is 9.90 Å². The monoisotopic (exact) mass is 351 g/mol. The summed E-state index contributed by atoms with van der Waals surface area (Å²) in [6.45, 7) is 0. The summed E-state index contributed by atoms with van der Waals surface area (Å²) >= 11 is 7.65. The SMILES string of the molecule is CSCc1c(C(=O)c2c(C3CC3)nn(C)c2O)ccc(Cl)c1N. The first-order valence-corrected chi connectivity index (χ1v) is 9.09. The molecule has 3 rings (SSSR count). The highest BCUT2D eigenvalue weighted by Gasteiger charge is 2.35. The first kappa shape index (κ1) is 16.2. The number of ketones is 1. The molecule has 1 aromatic heterocycles. The van der Waals surface area contributed by atoms with E-state index in [-0.39, 0.29) is 17.6 Å². The highest BCUT2D eigenvalue weighted by Crippen LogP contribution is 2.44. The standard InChI is InChI=1S/C16H18ClN3O2S/c1-20-16(22)12(14(19-20)8-3-4-8)15(21)9-5-6-11(17)13(18)10(9)7-23-2/h5-6,8,22H,3-4,7,18H2,1-2H3. The Labute approximate surface area is 143 Å². The highest BCUT2D eigenvalue weighted by atomic mass is 35.5. The van der Waals surface area contributed by atoms with Crippen LogP contribution < -0.4 is 5.73 Å². The van der Waals surface area contributed by atoms with Gasteiger partial charge in [0.05, 0.1) is 16.4 Å². The molecule has 0 amide bonds. The van der Waals surface area contributed by atoms with E-state index in [1.165, 1.54) is 4.68 Å². The Morgan fingerprint density at radius 1 is 1.52 bits per heavy atom. The third kappa shape index (κ3) is 2.81. The molecule has 2 aromatic rings. The molecule has 23 heavy (non-hydrogen) atoms. The molecule has 0 aliphatic heterocycles. The van der Waals surface area contributed by atoms with Crippen molar-refractivity contribution in [2.75, 3.05) is 12.0 Å². The van der Waals surface area contributed by atoms with E-state index in [2.05, 4.69) is 5.10 Å². The van der Waals surface area contributed by atoms with Crippen molar-refractivity contribution in [3.63, 3.8) is 0 Å². The Balaban J connectivity index is 2.13. The number of carbonyl (C=O) groups is 1.